The average Bonchev–Trinajstić information content (AvgIpc) is 2.79. The van der Waals surface area contributed by atoms with Gasteiger partial charge in [0.25, 0.3) is 0 Å². The molecule has 0 radical (unpaired) electrons. The molecule has 0 bridgehead atoms. The van der Waals surface area contributed by atoms with Crippen LogP contribution in [0.3, 0.4) is 0 Å². The SMILES string of the molecule is COc1ccc(CC(=O)N2CCN(c3nc(C)cc(N4CCCCC4)n3)CC2)cc1C. The Hall–Kier alpha value is -2.83. The molecule has 0 aliphatic carbocycles. The molecule has 31 heavy (non-hydrogen) atoms. The Morgan fingerprint density at radius 1 is 0.935 bits per heavy atom. The summed E-state index contributed by atoms with van der Waals surface area (Å²) >= 11 is 0. The summed E-state index contributed by atoms with van der Waals surface area (Å²) in [5, 5.41) is 0. The molecule has 7 heteroatoms. The van der Waals surface area contributed by atoms with E-state index in [1.165, 1.54) is 19.3 Å². The number of piperazine rings is 1. The van der Waals surface area contributed by atoms with Gasteiger partial charge in [-0.15, -0.1) is 0 Å². The van der Waals surface area contributed by atoms with Gasteiger partial charge in [-0.25, -0.2) is 4.98 Å². The summed E-state index contributed by atoms with van der Waals surface area (Å²) in [6.45, 7) is 9.11. The molecule has 2 aliphatic heterocycles. The first-order chi connectivity index (χ1) is 15.0. The summed E-state index contributed by atoms with van der Waals surface area (Å²) in [6.07, 6.45) is 4.18. The second-order valence-electron chi connectivity index (χ2n) is 8.56. The first-order valence-electron chi connectivity index (χ1n) is 11.3. The van der Waals surface area contributed by atoms with Crippen LogP contribution in [0.5, 0.6) is 5.75 Å². The summed E-state index contributed by atoms with van der Waals surface area (Å²) in [5.74, 6) is 2.85. The molecule has 0 spiro atoms. The fourth-order valence-corrected chi connectivity index (χ4v) is 4.46. The van der Waals surface area contributed by atoms with E-state index in [9.17, 15) is 4.79 Å². The first-order valence-corrected chi connectivity index (χ1v) is 11.3. The van der Waals surface area contributed by atoms with E-state index in [0.29, 0.717) is 19.5 Å². The van der Waals surface area contributed by atoms with E-state index in [1.807, 2.05) is 36.9 Å². The molecule has 2 aromatic rings. The van der Waals surface area contributed by atoms with E-state index in [4.69, 9.17) is 9.72 Å². The maximum atomic E-state index is 12.8. The van der Waals surface area contributed by atoms with E-state index in [2.05, 4.69) is 20.9 Å². The molecule has 0 saturated carbocycles. The summed E-state index contributed by atoms with van der Waals surface area (Å²) < 4.78 is 5.31. The molecule has 3 heterocycles. The number of amides is 1. The fraction of sp³-hybridized carbons (Fsp3) is 0.542. The molecule has 0 unspecified atom stereocenters. The minimum absolute atomic E-state index is 0.170. The molecule has 166 valence electrons. The summed E-state index contributed by atoms with van der Waals surface area (Å²) in [5.41, 5.74) is 3.08. The van der Waals surface area contributed by atoms with Gasteiger partial charge in [0, 0.05) is 51.0 Å². The smallest absolute Gasteiger partial charge is 0.227 e. The predicted octanol–water partition coefficient (Wildman–Crippen LogP) is 2.98. The van der Waals surface area contributed by atoms with E-state index in [0.717, 1.165) is 60.5 Å². The number of aromatic nitrogens is 2. The highest BCUT2D eigenvalue weighted by Gasteiger charge is 2.24. The molecule has 1 aromatic heterocycles. The lowest BCUT2D eigenvalue weighted by atomic mass is 10.1. The van der Waals surface area contributed by atoms with Gasteiger partial charge < -0.3 is 19.4 Å². The highest BCUT2D eigenvalue weighted by molar-refractivity contribution is 5.79. The van der Waals surface area contributed by atoms with Gasteiger partial charge in [-0.2, -0.15) is 4.98 Å². The Morgan fingerprint density at radius 3 is 2.35 bits per heavy atom. The third-order valence-corrected chi connectivity index (χ3v) is 6.24. The lowest BCUT2D eigenvalue weighted by Crippen LogP contribution is -2.49. The van der Waals surface area contributed by atoms with E-state index in [1.54, 1.807) is 7.11 Å². The Balaban J connectivity index is 1.36. The zero-order valence-electron chi connectivity index (χ0n) is 18.9. The Labute approximate surface area is 185 Å². The van der Waals surface area contributed by atoms with Crippen molar-refractivity contribution in [1.29, 1.82) is 0 Å². The van der Waals surface area contributed by atoms with Gasteiger partial charge in [0.15, 0.2) is 0 Å². The second kappa shape index (κ2) is 9.54. The van der Waals surface area contributed by atoms with Crippen LogP contribution < -0.4 is 14.5 Å². The molecular formula is C24H33N5O2. The van der Waals surface area contributed by atoms with Crippen LogP contribution in [0.2, 0.25) is 0 Å². The van der Waals surface area contributed by atoms with Crippen molar-refractivity contribution in [3.05, 3.63) is 41.1 Å². The summed E-state index contributed by atoms with van der Waals surface area (Å²) in [7, 11) is 1.67. The molecule has 0 atom stereocenters. The largest absolute Gasteiger partial charge is 0.496 e. The van der Waals surface area contributed by atoms with E-state index >= 15 is 0 Å². The van der Waals surface area contributed by atoms with E-state index < -0.39 is 0 Å². The van der Waals surface area contributed by atoms with Gasteiger partial charge in [0.2, 0.25) is 11.9 Å². The van der Waals surface area contributed by atoms with Crippen LogP contribution in [0.15, 0.2) is 24.3 Å². The van der Waals surface area contributed by atoms with Crippen LogP contribution in [0.1, 0.15) is 36.1 Å². The van der Waals surface area contributed by atoms with Gasteiger partial charge in [-0.3, -0.25) is 4.79 Å². The standard InChI is InChI=1S/C24H33N5O2/c1-18-15-20(7-8-21(18)31-3)17-23(30)28-11-13-29(14-12-28)24-25-19(2)16-22(26-24)27-9-5-4-6-10-27/h7-8,15-16H,4-6,9-14,17H2,1-3H3. The number of piperidine rings is 1. The van der Waals surface area contributed by atoms with Crippen molar-refractivity contribution in [1.82, 2.24) is 14.9 Å². The molecule has 0 N–H and O–H groups in total. The second-order valence-corrected chi connectivity index (χ2v) is 8.56. The van der Waals surface area contributed by atoms with Gasteiger partial charge in [0.05, 0.1) is 13.5 Å². The zero-order chi connectivity index (χ0) is 21.8. The highest BCUT2D eigenvalue weighted by Crippen LogP contribution is 2.23. The third-order valence-electron chi connectivity index (χ3n) is 6.24. The lowest BCUT2D eigenvalue weighted by Gasteiger charge is -2.35. The van der Waals surface area contributed by atoms with Crippen LogP contribution >= 0.6 is 0 Å². The van der Waals surface area contributed by atoms with Crippen molar-refractivity contribution in [2.75, 3.05) is 56.2 Å². The summed E-state index contributed by atoms with van der Waals surface area (Å²) in [6, 6.07) is 8.04. The molecule has 2 saturated heterocycles. The van der Waals surface area contributed by atoms with Crippen LogP contribution in [0.25, 0.3) is 0 Å². The van der Waals surface area contributed by atoms with Gasteiger partial charge in [-0.1, -0.05) is 12.1 Å². The number of benzene rings is 1. The van der Waals surface area contributed by atoms with Gasteiger partial charge in [0.1, 0.15) is 11.6 Å². The van der Waals surface area contributed by atoms with Crippen LogP contribution in [-0.2, 0) is 11.2 Å². The average molecular weight is 424 g/mol. The molecule has 7 nitrogen and oxygen atoms in total. The number of carbonyl (C=O) groups excluding carboxylic acids is 1. The molecule has 4 rings (SSSR count). The van der Waals surface area contributed by atoms with E-state index in [-0.39, 0.29) is 5.91 Å². The summed E-state index contributed by atoms with van der Waals surface area (Å²) in [4.78, 5) is 28.9. The lowest BCUT2D eigenvalue weighted by molar-refractivity contribution is -0.130. The van der Waals surface area contributed by atoms with Crippen LogP contribution in [0.4, 0.5) is 11.8 Å². The normalized spacial score (nSPS) is 17.1. The number of ether oxygens (including phenoxy) is 1. The quantitative estimate of drug-likeness (QED) is 0.737. The van der Waals surface area contributed by atoms with Crippen LogP contribution in [-0.4, -0.2) is 67.2 Å². The first kappa shape index (κ1) is 21.4. The molecule has 2 fully saturated rings. The number of aryl methyl sites for hydroxylation is 2. The van der Waals surface area contributed by atoms with Gasteiger partial charge in [-0.05, 0) is 50.3 Å². The molecule has 1 aromatic carbocycles. The number of anilines is 2. The number of hydrogen-bond donors (Lipinski definition) is 0. The molecular weight excluding hydrogens is 390 g/mol. The Bertz CT molecular complexity index is 918. The van der Waals surface area contributed by atoms with Crippen molar-refractivity contribution < 1.29 is 9.53 Å². The van der Waals surface area contributed by atoms with Gasteiger partial charge >= 0.3 is 0 Å². The van der Waals surface area contributed by atoms with Crippen LogP contribution in [0, 0.1) is 13.8 Å². The number of hydrogen-bond acceptors (Lipinski definition) is 6. The topological polar surface area (TPSA) is 61.8 Å². The maximum absolute atomic E-state index is 12.8. The van der Waals surface area contributed by atoms with Crippen molar-refractivity contribution in [3.63, 3.8) is 0 Å². The highest BCUT2D eigenvalue weighted by atomic mass is 16.5. The number of nitrogens with zero attached hydrogens (tertiary/aromatic N) is 5. The van der Waals surface area contributed by atoms with Crippen molar-refractivity contribution in [2.24, 2.45) is 0 Å². The number of rotatable bonds is 5. The third kappa shape index (κ3) is 5.09. The zero-order valence-corrected chi connectivity index (χ0v) is 18.9. The maximum Gasteiger partial charge on any atom is 0.227 e. The molecule has 1 amide bonds. The monoisotopic (exact) mass is 423 g/mol. The number of carbonyl (C=O) groups is 1. The van der Waals surface area contributed by atoms with Crippen molar-refractivity contribution in [3.8, 4) is 5.75 Å². The Kier molecular flexibility index (Phi) is 6.59. The minimum Gasteiger partial charge on any atom is -0.496 e. The molecule has 2 aliphatic rings. The minimum atomic E-state index is 0.170. The van der Waals surface area contributed by atoms with Crippen molar-refractivity contribution in [2.45, 2.75) is 39.5 Å². The van der Waals surface area contributed by atoms with Crippen molar-refractivity contribution >= 4 is 17.7 Å². The fourth-order valence-electron chi connectivity index (χ4n) is 4.46. The predicted molar refractivity (Wildman–Crippen MR) is 123 cm³/mol. The number of methoxy groups -OCH3 is 1. The Morgan fingerprint density at radius 2 is 1.68 bits per heavy atom.